The molecule has 1 N–H and O–H groups in total. The first-order valence-corrected chi connectivity index (χ1v) is 11.1. The van der Waals surface area contributed by atoms with Gasteiger partial charge in [0.05, 0.1) is 12.6 Å². The number of aryl methyl sites for hydroxylation is 2. The van der Waals surface area contributed by atoms with Crippen molar-refractivity contribution in [3.05, 3.63) is 40.4 Å². The molecule has 0 aliphatic carbocycles. The van der Waals surface area contributed by atoms with Crippen molar-refractivity contribution < 1.29 is 18.8 Å². The molecular weight excluding hydrogens is 422 g/mol. The fourth-order valence-corrected chi connectivity index (χ4v) is 4.41. The number of carbonyl (C=O) groups excluding carboxylic acids is 2. The van der Waals surface area contributed by atoms with Crippen LogP contribution in [0.1, 0.15) is 48.5 Å². The van der Waals surface area contributed by atoms with Gasteiger partial charge in [-0.1, -0.05) is 5.16 Å². The molecule has 1 aliphatic rings. The lowest BCUT2D eigenvalue weighted by Gasteiger charge is -2.31. The Morgan fingerprint density at radius 3 is 2.61 bits per heavy atom. The molecule has 2 aromatic heterocycles. The van der Waals surface area contributed by atoms with Crippen molar-refractivity contribution in [1.29, 1.82) is 5.26 Å². The van der Waals surface area contributed by atoms with Crippen molar-refractivity contribution in [3.8, 4) is 6.07 Å². The first kappa shape index (κ1) is 24.3. The Labute approximate surface area is 194 Å². The van der Waals surface area contributed by atoms with Crippen LogP contribution < -0.4 is 5.32 Å². The van der Waals surface area contributed by atoms with Crippen LogP contribution in [0.3, 0.4) is 0 Å². The molecule has 3 heterocycles. The average molecular weight is 454 g/mol. The van der Waals surface area contributed by atoms with Gasteiger partial charge >= 0.3 is 0 Å². The summed E-state index contributed by atoms with van der Waals surface area (Å²) in [4.78, 5) is 27.2. The molecule has 0 bridgehead atoms. The van der Waals surface area contributed by atoms with Gasteiger partial charge in [0, 0.05) is 43.6 Å². The number of piperidine rings is 1. The van der Waals surface area contributed by atoms with Crippen LogP contribution in [-0.2, 0) is 14.3 Å². The van der Waals surface area contributed by atoms with Crippen LogP contribution in [0.4, 0.5) is 5.82 Å². The molecule has 2 amide bonds. The van der Waals surface area contributed by atoms with Gasteiger partial charge in [0.2, 0.25) is 5.91 Å². The van der Waals surface area contributed by atoms with E-state index in [1.165, 1.54) is 0 Å². The summed E-state index contributed by atoms with van der Waals surface area (Å²) in [5.74, 6) is 0.350. The number of likely N-dealkylation sites (tertiary alicyclic amines) is 1. The number of anilines is 1. The first-order chi connectivity index (χ1) is 15.7. The first-order valence-electron chi connectivity index (χ1n) is 11.1. The van der Waals surface area contributed by atoms with E-state index in [0.29, 0.717) is 44.1 Å². The number of aromatic nitrogens is 2. The van der Waals surface area contributed by atoms with Gasteiger partial charge in [-0.15, -0.1) is 0 Å². The largest absolute Gasteiger partial charge is 0.383 e. The van der Waals surface area contributed by atoms with E-state index in [9.17, 15) is 14.9 Å². The second-order valence-electron chi connectivity index (χ2n) is 8.55. The fraction of sp³-hybridized carbons (Fsp3) is 0.500. The Morgan fingerprint density at radius 1 is 1.33 bits per heavy atom. The highest BCUT2D eigenvalue weighted by molar-refractivity contribution is 6.02. The molecule has 1 fully saturated rings. The number of hydrogen-bond acceptors (Lipinski definition) is 6. The molecule has 9 heteroatoms. The maximum Gasteiger partial charge on any atom is 0.264 e. The van der Waals surface area contributed by atoms with Crippen LogP contribution >= 0.6 is 0 Å². The minimum Gasteiger partial charge on any atom is -0.383 e. The topological polar surface area (TPSA) is 113 Å². The van der Waals surface area contributed by atoms with Crippen molar-refractivity contribution >= 4 is 23.7 Å². The van der Waals surface area contributed by atoms with Gasteiger partial charge in [-0.05, 0) is 58.2 Å². The quantitative estimate of drug-likeness (QED) is 0.508. The van der Waals surface area contributed by atoms with E-state index in [0.717, 1.165) is 17.0 Å². The van der Waals surface area contributed by atoms with E-state index in [1.807, 2.05) is 19.9 Å². The van der Waals surface area contributed by atoms with Gasteiger partial charge in [0.25, 0.3) is 5.91 Å². The number of nitrogens with one attached hydrogen (secondary N) is 1. The van der Waals surface area contributed by atoms with Crippen molar-refractivity contribution in [1.82, 2.24) is 14.6 Å². The van der Waals surface area contributed by atoms with Gasteiger partial charge in [-0.2, -0.15) is 5.26 Å². The predicted molar refractivity (Wildman–Crippen MR) is 123 cm³/mol. The molecule has 1 unspecified atom stereocenters. The van der Waals surface area contributed by atoms with E-state index >= 15 is 0 Å². The third-order valence-electron chi connectivity index (χ3n) is 6.06. The van der Waals surface area contributed by atoms with Crippen molar-refractivity contribution in [2.45, 2.75) is 46.6 Å². The molecule has 0 spiro atoms. The third kappa shape index (κ3) is 5.52. The molecule has 0 aromatic carbocycles. The molecule has 3 rings (SSSR count). The van der Waals surface area contributed by atoms with Crippen LogP contribution in [0.25, 0.3) is 6.08 Å². The van der Waals surface area contributed by atoms with Crippen molar-refractivity contribution in [2.24, 2.45) is 5.92 Å². The molecule has 2 aromatic rings. The van der Waals surface area contributed by atoms with Gasteiger partial charge in [-0.3, -0.25) is 9.59 Å². The minimum atomic E-state index is -0.307. The monoisotopic (exact) mass is 453 g/mol. The van der Waals surface area contributed by atoms with E-state index < -0.39 is 0 Å². The summed E-state index contributed by atoms with van der Waals surface area (Å²) in [6.45, 7) is 9.20. The van der Waals surface area contributed by atoms with Gasteiger partial charge < -0.3 is 24.0 Å². The van der Waals surface area contributed by atoms with E-state index in [1.54, 1.807) is 31.1 Å². The standard InChI is InChI=1S/C24H31N5O4/c1-15-10-20(18(4)29(15)16(2)14-32-5)12-21(13-25)24(31)28-8-6-19(7-9-28)23(30)26-22-11-17(3)33-27-22/h10-12,16,19H,6-9,14H2,1-5H3,(H,26,27,30)/b21-12-. The fourth-order valence-electron chi connectivity index (χ4n) is 4.41. The highest BCUT2D eigenvalue weighted by Crippen LogP contribution is 2.25. The number of amides is 2. The normalized spacial score (nSPS) is 15.9. The van der Waals surface area contributed by atoms with Crippen LogP contribution in [0, 0.1) is 38.0 Å². The van der Waals surface area contributed by atoms with Gasteiger partial charge in [0.15, 0.2) is 5.82 Å². The van der Waals surface area contributed by atoms with Crippen LogP contribution in [0.2, 0.25) is 0 Å². The molecule has 1 aliphatic heterocycles. The number of ether oxygens (including phenoxy) is 1. The molecule has 33 heavy (non-hydrogen) atoms. The SMILES string of the molecule is COCC(C)n1c(C)cc(/C=C(/C#N)C(=O)N2CCC(C(=O)Nc3cc(C)on3)CC2)c1C. The molecule has 0 saturated carbocycles. The van der Waals surface area contributed by atoms with E-state index in [-0.39, 0.29) is 29.3 Å². The molecule has 0 radical (unpaired) electrons. The molecule has 1 saturated heterocycles. The molecule has 1 atom stereocenters. The van der Waals surface area contributed by atoms with E-state index in [2.05, 4.69) is 28.0 Å². The van der Waals surface area contributed by atoms with E-state index in [4.69, 9.17) is 9.26 Å². The summed E-state index contributed by atoms with van der Waals surface area (Å²) in [5.41, 5.74) is 2.96. The minimum absolute atomic E-state index is 0.0932. The number of carbonyl (C=O) groups is 2. The Bertz CT molecular complexity index is 1080. The lowest BCUT2D eigenvalue weighted by Crippen LogP contribution is -2.41. The summed E-state index contributed by atoms with van der Waals surface area (Å²) in [7, 11) is 1.67. The zero-order valence-electron chi connectivity index (χ0n) is 19.8. The third-order valence-corrected chi connectivity index (χ3v) is 6.06. The second-order valence-corrected chi connectivity index (χ2v) is 8.55. The second kappa shape index (κ2) is 10.5. The number of nitrogens with zero attached hydrogens (tertiary/aromatic N) is 4. The Morgan fingerprint density at radius 2 is 2.03 bits per heavy atom. The van der Waals surface area contributed by atoms with Crippen LogP contribution in [-0.4, -0.2) is 53.2 Å². The van der Waals surface area contributed by atoms with Gasteiger partial charge in [0.1, 0.15) is 17.4 Å². The smallest absolute Gasteiger partial charge is 0.264 e. The van der Waals surface area contributed by atoms with Crippen molar-refractivity contribution in [2.75, 3.05) is 32.1 Å². The summed E-state index contributed by atoms with van der Waals surface area (Å²) in [6.07, 6.45) is 2.71. The lowest BCUT2D eigenvalue weighted by molar-refractivity contribution is -0.130. The summed E-state index contributed by atoms with van der Waals surface area (Å²) in [5, 5.41) is 16.2. The van der Waals surface area contributed by atoms with Gasteiger partial charge in [-0.25, -0.2) is 0 Å². The molecule has 9 nitrogen and oxygen atoms in total. The maximum atomic E-state index is 13.0. The molecule has 176 valence electrons. The number of nitriles is 1. The Balaban J connectivity index is 1.66. The van der Waals surface area contributed by atoms with Crippen LogP contribution in [0.15, 0.2) is 22.2 Å². The maximum absolute atomic E-state index is 13.0. The summed E-state index contributed by atoms with van der Waals surface area (Å²) < 4.78 is 12.4. The number of hydrogen-bond donors (Lipinski definition) is 1. The van der Waals surface area contributed by atoms with Crippen molar-refractivity contribution in [3.63, 3.8) is 0 Å². The summed E-state index contributed by atoms with van der Waals surface area (Å²) in [6, 6.07) is 5.85. The zero-order chi connectivity index (χ0) is 24.1. The lowest BCUT2D eigenvalue weighted by atomic mass is 9.95. The molecular formula is C24H31N5O4. The number of rotatable bonds is 7. The summed E-state index contributed by atoms with van der Waals surface area (Å²) >= 11 is 0. The highest BCUT2D eigenvalue weighted by atomic mass is 16.5. The number of methoxy groups -OCH3 is 1. The Hall–Kier alpha value is -3.38. The van der Waals surface area contributed by atoms with Crippen LogP contribution in [0.5, 0.6) is 0 Å². The zero-order valence-corrected chi connectivity index (χ0v) is 19.8. The predicted octanol–water partition coefficient (Wildman–Crippen LogP) is 3.39. The highest BCUT2D eigenvalue weighted by Gasteiger charge is 2.29. The Kier molecular flexibility index (Phi) is 7.71. The average Bonchev–Trinajstić information content (AvgIpc) is 3.32.